The summed E-state index contributed by atoms with van der Waals surface area (Å²) in [5.41, 5.74) is 2.17. The molecule has 0 aromatic heterocycles. The van der Waals surface area contributed by atoms with Crippen LogP contribution in [0.2, 0.25) is 0 Å². The Labute approximate surface area is 107 Å². The third-order valence-electron chi connectivity index (χ3n) is 2.23. The number of aryl methyl sites for hydroxylation is 1. The molecule has 100 valence electrons. The van der Waals surface area contributed by atoms with Gasteiger partial charge < -0.3 is 0 Å². The zero-order chi connectivity index (χ0) is 14.0. The number of amides is 1. The van der Waals surface area contributed by atoms with E-state index in [0.717, 1.165) is 5.56 Å². The van der Waals surface area contributed by atoms with Gasteiger partial charge in [-0.1, -0.05) is 38.5 Å². The van der Waals surface area contributed by atoms with Gasteiger partial charge in [0, 0.05) is 5.41 Å². The van der Waals surface area contributed by atoms with Crippen LogP contribution < -0.4 is 5.48 Å². The van der Waals surface area contributed by atoms with Crippen LogP contribution >= 0.6 is 0 Å². The number of hydroxylamine groups is 1. The number of rotatable bonds is 3. The average Bonchev–Trinajstić information content (AvgIpc) is 2.25. The fraction of sp³-hybridized carbons (Fsp3) is 0.417. The molecule has 0 bridgehead atoms. The van der Waals surface area contributed by atoms with E-state index in [1.165, 1.54) is 12.1 Å². The molecule has 0 aliphatic heterocycles. The van der Waals surface area contributed by atoms with E-state index in [9.17, 15) is 13.2 Å². The van der Waals surface area contributed by atoms with Gasteiger partial charge in [-0.05, 0) is 19.1 Å². The van der Waals surface area contributed by atoms with Crippen molar-refractivity contribution < 1.29 is 17.5 Å². The highest BCUT2D eigenvalue weighted by atomic mass is 32.2. The summed E-state index contributed by atoms with van der Waals surface area (Å²) < 4.78 is 28.0. The second-order valence-electron chi connectivity index (χ2n) is 5.03. The van der Waals surface area contributed by atoms with Crippen LogP contribution in [0.1, 0.15) is 26.3 Å². The van der Waals surface area contributed by atoms with Crippen molar-refractivity contribution in [1.82, 2.24) is 5.48 Å². The smallest absolute Gasteiger partial charge is 0.272 e. The number of carbonyl (C=O) groups excluding carboxylic acids is 1. The second-order valence-corrected chi connectivity index (χ2v) is 6.58. The summed E-state index contributed by atoms with van der Waals surface area (Å²) in [5.74, 6) is -0.502. The first-order valence-corrected chi connectivity index (χ1v) is 6.84. The summed E-state index contributed by atoms with van der Waals surface area (Å²) in [6.45, 7) is 6.82. The van der Waals surface area contributed by atoms with Crippen molar-refractivity contribution in [3.05, 3.63) is 29.8 Å². The summed E-state index contributed by atoms with van der Waals surface area (Å²) in [7, 11) is -3.96. The van der Waals surface area contributed by atoms with Crippen LogP contribution in [0.15, 0.2) is 29.2 Å². The van der Waals surface area contributed by atoms with Gasteiger partial charge >= 0.3 is 10.1 Å². The van der Waals surface area contributed by atoms with Gasteiger partial charge in [-0.15, -0.1) is 4.28 Å². The maximum atomic E-state index is 11.7. The number of hydrogen-bond acceptors (Lipinski definition) is 4. The Balaban J connectivity index is 2.78. The Morgan fingerprint density at radius 2 is 1.67 bits per heavy atom. The summed E-state index contributed by atoms with van der Waals surface area (Å²) >= 11 is 0. The minimum absolute atomic E-state index is 0.00214. The highest BCUT2D eigenvalue weighted by Crippen LogP contribution is 2.15. The van der Waals surface area contributed by atoms with Crippen molar-refractivity contribution >= 4 is 16.0 Å². The van der Waals surface area contributed by atoms with Gasteiger partial charge in [-0.2, -0.15) is 8.42 Å². The van der Waals surface area contributed by atoms with E-state index in [4.69, 9.17) is 0 Å². The molecule has 5 nitrogen and oxygen atoms in total. The molecule has 0 atom stereocenters. The maximum absolute atomic E-state index is 11.7. The van der Waals surface area contributed by atoms with Crippen LogP contribution in [0.4, 0.5) is 0 Å². The molecule has 0 aliphatic carbocycles. The molecule has 6 heteroatoms. The number of carbonyl (C=O) groups is 1. The van der Waals surface area contributed by atoms with Crippen molar-refractivity contribution in [3.63, 3.8) is 0 Å². The molecule has 0 radical (unpaired) electrons. The lowest BCUT2D eigenvalue weighted by molar-refractivity contribution is -0.135. The lowest BCUT2D eigenvalue weighted by Crippen LogP contribution is -2.36. The van der Waals surface area contributed by atoms with Gasteiger partial charge in [0.25, 0.3) is 0 Å². The number of hydrogen-bond donors (Lipinski definition) is 1. The standard InChI is InChI=1S/C12H17NO4S/c1-9-5-7-10(8-6-9)18(15,16)17-13-11(14)12(2,3)4/h5-8H,1-4H3,(H,13,14). The van der Waals surface area contributed by atoms with E-state index in [0.29, 0.717) is 0 Å². The van der Waals surface area contributed by atoms with Crippen LogP contribution in [-0.2, 0) is 19.2 Å². The molecule has 0 saturated carbocycles. The average molecular weight is 271 g/mol. The van der Waals surface area contributed by atoms with Crippen LogP contribution in [-0.4, -0.2) is 14.3 Å². The number of nitrogens with one attached hydrogen (secondary N) is 1. The first kappa shape index (κ1) is 14.7. The largest absolute Gasteiger partial charge is 0.317 e. The Morgan fingerprint density at radius 1 is 1.17 bits per heavy atom. The third kappa shape index (κ3) is 3.82. The van der Waals surface area contributed by atoms with Crippen molar-refractivity contribution in [3.8, 4) is 0 Å². The topological polar surface area (TPSA) is 72.5 Å². The molecule has 0 unspecified atom stereocenters. The summed E-state index contributed by atoms with van der Waals surface area (Å²) in [6.07, 6.45) is 0. The lowest BCUT2D eigenvalue weighted by Gasteiger charge is -2.16. The molecule has 18 heavy (non-hydrogen) atoms. The highest BCUT2D eigenvalue weighted by Gasteiger charge is 2.24. The van der Waals surface area contributed by atoms with Gasteiger partial charge in [0.1, 0.15) is 0 Å². The Morgan fingerprint density at radius 3 is 2.11 bits per heavy atom. The molecule has 0 saturated heterocycles. The molecule has 1 aromatic carbocycles. The van der Waals surface area contributed by atoms with E-state index in [1.54, 1.807) is 32.9 Å². The van der Waals surface area contributed by atoms with Gasteiger partial charge in [-0.3, -0.25) is 4.79 Å². The normalized spacial score (nSPS) is 12.2. The van der Waals surface area contributed by atoms with Crippen molar-refractivity contribution in [2.75, 3.05) is 0 Å². The second kappa shape index (κ2) is 5.07. The van der Waals surface area contributed by atoms with Crippen LogP contribution in [0.3, 0.4) is 0 Å². The molecule has 1 rings (SSSR count). The fourth-order valence-corrected chi connectivity index (χ4v) is 1.75. The van der Waals surface area contributed by atoms with E-state index in [-0.39, 0.29) is 4.90 Å². The molecular weight excluding hydrogens is 254 g/mol. The predicted molar refractivity (Wildman–Crippen MR) is 67.0 cm³/mol. The van der Waals surface area contributed by atoms with Crippen molar-refractivity contribution in [2.45, 2.75) is 32.6 Å². The first-order chi connectivity index (χ1) is 8.13. The highest BCUT2D eigenvalue weighted by molar-refractivity contribution is 7.86. The lowest BCUT2D eigenvalue weighted by atomic mass is 9.96. The third-order valence-corrected chi connectivity index (χ3v) is 3.39. The molecule has 1 aromatic rings. The molecule has 0 spiro atoms. The van der Waals surface area contributed by atoms with Crippen molar-refractivity contribution in [1.29, 1.82) is 0 Å². The zero-order valence-corrected chi connectivity index (χ0v) is 11.7. The molecular formula is C12H17NO4S. The van der Waals surface area contributed by atoms with Crippen LogP contribution in [0.5, 0.6) is 0 Å². The monoisotopic (exact) mass is 271 g/mol. The van der Waals surface area contributed by atoms with Gasteiger partial charge in [0.05, 0.1) is 4.90 Å². The van der Waals surface area contributed by atoms with Gasteiger partial charge in [0.15, 0.2) is 0 Å². The first-order valence-electron chi connectivity index (χ1n) is 5.43. The molecule has 0 aliphatic rings. The Kier molecular flexibility index (Phi) is 4.13. The van der Waals surface area contributed by atoms with Gasteiger partial charge in [0.2, 0.25) is 5.91 Å². The number of benzene rings is 1. The molecule has 0 heterocycles. The van der Waals surface area contributed by atoms with Crippen LogP contribution in [0.25, 0.3) is 0 Å². The summed E-state index contributed by atoms with van der Waals surface area (Å²) in [5, 5.41) is 0. The fourth-order valence-electron chi connectivity index (χ4n) is 0.999. The van der Waals surface area contributed by atoms with E-state index in [1.807, 2.05) is 12.4 Å². The minimum atomic E-state index is -3.96. The molecule has 1 N–H and O–H groups in total. The predicted octanol–water partition coefficient (Wildman–Crippen LogP) is 1.78. The maximum Gasteiger partial charge on any atom is 0.317 e. The summed E-state index contributed by atoms with van der Waals surface area (Å²) in [4.78, 5) is 11.5. The van der Waals surface area contributed by atoms with E-state index >= 15 is 0 Å². The Bertz CT molecular complexity index is 526. The molecule has 0 fully saturated rings. The van der Waals surface area contributed by atoms with Crippen molar-refractivity contribution in [2.24, 2.45) is 5.41 Å². The Hall–Kier alpha value is -1.40. The molecule has 1 amide bonds. The van der Waals surface area contributed by atoms with E-state index in [2.05, 4.69) is 4.28 Å². The zero-order valence-electron chi connectivity index (χ0n) is 10.9. The quantitative estimate of drug-likeness (QED) is 0.850. The van der Waals surface area contributed by atoms with E-state index < -0.39 is 21.4 Å². The SMILES string of the molecule is Cc1ccc(S(=O)(=O)ONC(=O)C(C)(C)C)cc1. The minimum Gasteiger partial charge on any atom is -0.272 e. The van der Waals surface area contributed by atoms with Crippen LogP contribution in [0, 0.1) is 12.3 Å². The summed E-state index contributed by atoms with van der Waals surface area (Å²) in [6, 6.07) is 6.16. The van der Waals surface area contributed by atoms with Gasteiger partial charge in [-0.25, -0.2) is 5.48 Å².